The number of nitrogens with one attached hydrogen (secondary N) is 4. The van der Waals surface area contributed by atoms with Gasteiger partial charge in [-0.05, 0) is 134 Å². The molecule has 4 N–H and O–H groups in total. The highest BCUT2D eigenvalue weighted by Crippen LogP contribution is 2.31. The van der Waals surface area contributed by atoms with Gasteiger partial charge in [-0.25, -0.2) is 16.8 Å². The largest absolute Gasteiger partial charge is 0.375 e. The van der Waals surface area contributed by atoms with Gasteiger partial charge in [0, 0.05) is 63.1 Å². The first-order valence-corrected chi connectivity index (χ1v) is 27.2. The molecule has 2 saturated heterocycles. The molecular formula is C54H60N8O9S2. The molecule has 17 nitrogen and oxygen atoms in total. The Morgan fingerprint density at radius 1 is 0.575 bits per heavy atom. The molecule has 5 aromatic rings. The number of hydrogen-bond donors (Lipinski definition) is 4. The van der Waals surface area contributed by atoms with Crippen molar-refractivity contribution < 1.29 is 40.8 Å². The maximum atomic E-state index is 13.2. The Morgan fingerprint density at radius 2 is 0.986 bits per heavy atom. The number of carbonyl (C=O) groups is 4. The second-order valence-electron chi connectivity index (χ2n) is 17.9. The molecule has 5 aromatic carbocycles. The van der Waals surface area contributed by atoms with Crippen molar-refractivity contribution in [2.45, 2.75) is 51.4 Å². The minimum atomic E-state index is -3.76. The molecule has 0 aliphatic carbocycles. The first-order valence-electron chi connectivity index (χ1n) is 23.9. The Morgan fingerprint density at radius 3 is 1.38 bits per heavy atom. The molecule has 73 heavy (non-hydrogen) atoms. The number of nitrogens with zero attached hydrogens (tertiary/aromatic N) is 4. The standard InChI is InChI=1S/C29H30N4O4S.C25H30N4O5S/c1-21-7-10-26(29(35)33-16-13-24(14-17-33)23-11-8-22(20-30)9-12-23)19-27(21)32-38(36,37)18-15-31-28(34)25-5-3-2-4-6-25;1-18-3-6-22(15-23(18)28-35(32,33)14-11-27-24(30)17-34-2)25(31)29-12-9-21(10-13-29)20-7-4-19(16-26)5-8-20/h2-12,19,24,32H,13-18H2,1H3,(H,31,34);3-8,15,21,28H,9-14,17H2,1-2H3,(H,27,30). The molecular weight excluding hydrogens is 969 g/mol. The zero-order chi connectivity index (χ0) is 52.5. The van der Waals surface area contributed by atoms with Crippen LogP contribution in [0, 0.1) is 36.5 Å². The van der Waals surface area contributed by atoms with Gasteiger partial charge < -0.3 is 25.2 Å². The molecule has 2 heterocycles. The van der Waals surface area contributed by atoms with Gasteiger partial charge in [-0.2, -0.15) is 10.5 Å². The number of anilines is 2. The number of aryl methyl sites for hydroxylation is 2. The van der Waals surface area contributed by atoms with Crippen molar-refractivity contribution in [1.29, 1.82) is 10.5 Å². The summed E-state index contributed by atoms with van der Waals surface area (Å²) in [6.45, 7) is 5.68. The Labute approximate surface area is 427 Å². The van der Waals surface area contributed by atoms with Crippen LogP contribution in [0.5, 0.6) is 0 Å². The van der Waals surface area contributed by atoms with E-state index in [1.165, 1.54) is 18.2 Å². The molecule has 7 rings (SSSR count). The summed E-state index contributed by atoms with van der Waals surface area (Å²) in [6.07, 6.45) is 3.27. The lowest BCUT2D eigenvalue weighted by Gasteiger charge is -2.32. The number of hydrogen-bond acceptors (Lipinski definition) is 11. The predicted molar refractivity (Wildman–Crippen MR) is 279 cm³/mol. The number of sulfonamides is 2. The van der Waals surface area contributed by atoms with Gasteiger partial charge >= 0.3 is 0 Å². The van der Waals surface area contributed by atoms with E-state index in [9.17, 15) is 36.0 Å². The summed E-state index contributed by atoms with van der Waals surface area (Å²) in [6, 6.07) is 38.0. The third-order valence-corrected chi connectivity index (χ3v) is 15.3. The molecule has 382 valence electrons. The summed E-state index contributed by atoms with van der Waals surface area (Å²) < 4.78 is 60.1. The summed E-state index contributed by atoms with van der Waals surface area (Å²) in [5.41, 5.74) is 6.95. The molecule has 0 unspecified atom stereocenters. The van der Waals surface area contributed by atoms with Gasteiger partial charge in [0.1, 0.15) is 6.61 Å². The minimum absolute atomic E-state index is 0.0467. The van der Waals surface area contributed by atoms with Gasteiger partial charge in [0.2, 0.25) is 26.0 Å². The van der Waals surface area contributed by atoms with E-state index in [4.69, 9.17) is 15.3 Å². The molecule has 4 amide bonds. The van der Waals surface area contributed by atoms with Crippen LogP contribution in [0.2, 0.25) is 0 Å². The average Bonchev–Trinajstić information content (AvgIpc) is 3.40. The quantitative estimate of drug-likeness (QED) is 0.0788. The lowest BCUT2D eigenvalue weighted by Crippen LogP contribution is -2.38. The second-order valence-corrected chi connectivity index (χ2v) is 21.6. The summed E-state index contributed by atoms with van der Waals surface area (Å²) in [7, 11) is -6.10. The van der Waals surface area contributed by atoms with E-state index in [0.717, 1.165) is 25.7 Å². The van der Waals surface area contributed by atoms with Crippen molar-refractivity contribution in [3.63, 3.8) is 0 Å². The number of likely N-dealkylation sites (tertiary alicyclic amines) is 2. The molecule has 0 saturated carbocycles. The van der Waals surface area contributed by atoms with Crippen LogP contribution in [0.15, 0.2) is 115 Å². The zero-order valence-electron chi connectivity index (χ0n) is 41.1. The monoisotopic (exact) mass is 1030 g/mol. The van der Waals surface area contributed by atoms with Gasteiger partial charge in [-0.3, -0.25) is 28.6 Å². The van der Waals surface area contributed by atoms with Gasteiger partial charge in [0.25, 0.3) is 17.7 Å². The normalized spacial score (nSPS) is 14.1. The molecule has 0 bridgehead atoms. The number of methoxy groups -OCH3 is 1. The maximum Gasteiger partial charge on any atom is 0.253 e. The molecule has 2 aliphatic heterocycles. The van der Waals surface area contributed by atoms with Crippen molar-refractivity contribution in [2.24, 2.45) is 0 Å². The average molecular weight is 1030 g/mol. The predicted octanol–water partition coefficient (Wildman–Crippen LogP) is 6.45. The second kappa shape index (κ2) is 25.7. The lowest BCUT2D eigenvalue weighted by atomic mass is 9.89. The van der Waals surface area contributed by atoms with Crippen molar-refractivity contribution in [3.8, 4) is 12.1 Å². The molecule has 0 aromatic heterocycles. The van der Waals surface area contributed by atoms with Crippen molar-refractivity contribution in [1.82, 2.24) is 20.4 Å². The Bertz CT molecular complexity index is 3050. The van der Waals surface area contributed by atoms with Crippen LogP contribution < -0.4 is 20.1 Å². The van der Waals surface area contributed by atoms with Crippen LogP contribution >= 0.6 is 0 Å². The maximum absolute atomic E-state index is 13.2. The number of piperidine rings is 2. The number of nitriles is 2. The van der Waals surface area contributed by atoms with Crippen molar-refractivity contribution >= 4 is 55.1 Å². The SMILES string of the molecule is COCC(=O)NCCS(=O)(=O)Nc1cc(C(=O)N2CCC(c3ccc(C#N)cc3)CC2)ccc1C.Cc1ccc(C(=O)N2CCC(c3ccc(C#N)cc3)CC2)cc1NS(=O)(=O)CCNC(=O)c1ccccc1. The van der Waals surface area contributed by atoms with Crippen LogP contribution in [-0.4, -0.2) is 115 Å². The van der Waals surface area contributed by atoms with E-state index in [-0.39, 0.29) is 48.9 Å². The highest BCUT2D eigenvalue weighted by atomic mass is 32.2. The van der Waals surface area contributed by atoms with E-state index < -0.39 is 26.0 Å². The summed E-state index contributed by atoms with van der Waals surface area (Å²) in [4.78, 5) is 53.5. The Kier molecular flexibility index (Phi) is 19.3. The number of ether oxygens (including phenoxy) is 1. The van der Waals surface area contributed by atoms with Gasteiger partial charge in [-0.15, -0.1) is 0 Å². The highest BCUT2D eigenvalue weighted by molar-refractivity contribution is 7.93. The fourth-order valence-corrected chi connectivity index (χ4v) is 10.6. The molecule has 2 fully saturated rings. The third kappa shape index (κ3) is 16.0. The molecule has 0 spiro atoms. The lowest BCUT2D eigenvalue weighted by molar-refractivity contribution is -0.124. The number of benzene rings is 5. The summed E-state index contributed by atoms with van der Waals surface area (Å²) in [5.74, 6) is -0.961. The van der Waals surface area contributed by atoms with Gasteiger partial charge in [0.05, 0.1) is 46.1 Å². The van der Waals surface area contributed by atoms with E-state index >= 15 is 0 Å². The number of amides is 4. The van der Waals surface area contributed by atoms with Crippen LogP contribution in [0.4, 0.5) is 11.4 Å². The summed E-state index contributed by atoms with van der Waals surface area (Å²) in [5, 5.41) is 23.1. The van der Waals surface area contributed by atoms with Gasteiger partial charge in [0.15, 0.2) is 0 Å². The van der Waals surface area contributed by atoms with Gasteiger partial charge in [-0.1, -0.05) is 54.6 Å². The van der Waals surface area contributed by atoms with Crippen molar-refractivity contribution in [3.05, 3.63) is 165 Å². The number of rotatable bonds is 17. The first-order chi connectivity index (χ1) is 35.0. The number of carbonyl (C=O) groups excluding carboxylic acids is 4. The molecule has 2 aliphatic rings. The fourth-order valence-electron chi connectivity index (χ4n) is 8.52. The van der Waals surface area contributed by atoms with E-state index in [2.05, 4.69) is 32.2 Å². The molecule has 0 atom stereocenters. The smallest absolute Gasteiger partial charge is 0.253 e. The van der Waals surface area contributed by atoms with Crippen LogP contribution in [0.25, 0.3) is 0 Å². The van der Waals surface area contributed by atoms with E-state index in [0.29, 0.717) is 88.3 Å². The van der Waals surface area contributed by atoms with Crippen LogP contribution in [0.3, 0.4) is 0 Å². The fraction of sp³-hybridized carbons (Fsp3) is 0.333. The topological polar surface area (TPSA) is 248 Å². The van der Waals surface area contributed by atoms with Crippen LogP contribution in [0.1, 0.15) is 102 Å². The van der Waals surface area contributed by atoms with Crippen LogP contribution in [-0.2, 0) is 29.6 Å². The Hall–Kier alpha value is -7.58. The molecule has 0 radical (unpaired) electrons. The first kappa shape index (κ1) is 54.7. The van der Waals surface area contributed by atoms with E-state index in [1.54, 1.807) is 90.4 Å². The molecule has 19 heteroatoms. The Balaban J connectivity index is 0.000000239. The highest BCUT2D eigenvalue weighted by Gasteiger charge is 2.27. The van der Waals surface area contributed by atoms with Crippen molar-refractivity contribution in [2.75, 3.05) is 73.9 Å². The third-order valence-electron chi connectivity index (χ3n) is 12.7. The van der Waals surface area contributed by atoms with E-state index in [1.807, 2.05) is 48.5 Å². The summed E-state index contributed by atoms with van der Waals surface area (Å²) >= 11 is 0. The zero-order valence-corrected chi connectivity index (χ0v) is 42.7. The minimum Gasteiger partial charge on any atom is -0.375 e.